The van der Waals surface area contributed by atoms with Crippen molar-refractivity contribution in [2.75, 3.05) is 29.4 Å². The quantitative estimate of drug-likeness (QED) is 0.156. The number of pyridine rings is 1. The molecule has 1 saturated heterocycles. The molecule has 4 aromatic rings. The zero-order valence-electron chi connectivity index (χ0n) is 23.3. The number of imidazole rings is 1. The van der Waals surface area contributed by atoms with Gasteiger partial charge in [-0.05, 0) is 67.3 Å². The summed E-state index contributed by atoms with van der Waals surface area (Å²) in [5.41, 5.74) is 3.34. The Labute approximate surface area is 240 Å². The summed E-state index contributed by atoms with van der Waals surface area (Å²) in [5, 5.41) is 0. The molecule has 0 bridgehead atoms. The van der Waals surface area contributed by atoms with Gasteiger partial charge in [0.25, 0.3) is 0 Å². The van der Waals surface area contributed by atoms with E-state index in [1.807, 2.05) is 24.8 Å². The Morgan fingerprint density at radius 2 is 1.79 bits per heavy atom. The second-order valence-corrected chi connectivity index (χ2v) is 10.3. The van der Waals surface area contributed by atoms with E-state index in [0.717, 1.165) is 12.1 Å². The van der Waals surface area contributed by atoms with E-state index in [4.69, 9.17) is 0 Å². The van der Waals surface area contributed by atoms with Gasteiger partial charge in [0, 0.05) is 50.0 Å². The number of alkyl halides is 3. The van der Waals surface area contributed by atoms with Crippen LogP contribution in [0.25, 0.3) is 5.65 Å². The summed E-state index contributed by atoms with van der Waals surface area (Å²) in [7, 11) is 0. The number of piperazine rings is 1. The van der Waals surface area contributed by atoms with Crippen molar-refractivity contribution < 1.29 is 31.5 Å². The first-order chi connectivity index (χ1) is 20.1. The maximum Gasteiger partial charge on any atom is 0.573 e. The van der Waals surface area contributed by atoms with Gasteiger partial charge >= 0.3 is 6.36 Å². The number of ether oxygens (including phenoxy) is 1. The van der Waals surface area contributed by atoms with Crippen LogP contribution in [-0.2, 0) is 12.8 Å². The lowest BCUT2D eigenvalue weighted by atomic mass is 10.0. The second kappa shape index (κ2) is 12.0. The molecular weight excluding hydrogens is 555 g/mol. The molecule has 1 atom stereocenters. The van der Waals surface area contributed by atoms with Crippen LogP contribution in [0.1, 0.15) is 48.4 Å². The molecule has 0 spiro atoms. The summed E-state index contributed by atoms with van der Waals surface area (Å²) in [4.78, 5) is 21.6. The minimum Gasteiger partial charge on any atom is -0.406 e. The van der Waals surface area contributed by atoms with Gasteiger partial charge in [-0.2, -0.15) is 0 Å². The molecule has 2 aromatic heterocycles. The van der Waals surface area contributed by atoms with E-state index >= 15 is 4.39 Å². The molecule has 1 aliphatic rings. The molecule has 42 heavy (non-hydrogen) atoms. The minimum absolute atomic E-state index is 0.0246. The highest BCUT2D eigenvalue weighted by Crippen LogP contribution is 2.30. The number of hydrogen-bond acceptors (Lipinski definition) is 5. The Bertz CT molecular complexity index is 1570. The average molecular weight is 587 g/mol. The number of anilines is 2. The summed E-state index contributed by atoms with van der Waals surface area (Å²) in [5.74, 6) is -1.22. The van der Waals surface area contributed by atoms with E-state index in [9.17, 15) is 22.4 Å². The number of rotatable bonds is 9. The van der Waals surface area contributed by atoms with Crippen molar-refractivity contribution in [1.29, 1.82) is 0 Å². The predicted molar refractivity (Wildman–Crippen MR) is 150 cm³/mol. The average Bonchev–Trinajstić information content (AvgIpc) is 3.33. The fourth-order valence-corrected chi connectivity index (χ4v) is 5.55. The topological polar surface area (TPSA) is 50.1 Å². The molecule has 5 rings (SSSR count). The Balaban J connectivity index is 1.24. The van der Waals surface area contributed by atoms with Crippen molar-refractivity contribution in [2.45, 2.75) is 51.9 Å². The van der Waals surface area contributed by atoms with Crippen LogP contribution in [0.2, 0.25) is 0 Å². The third kappa shape index (κ3) is 6.34. The predicted octanol–water partition coefficient (Wildman–Crippen LogP) is 6.99. The Morgan fingerprint density at radius 3 is 2.45 bits per heavy atom. The number of carbonyl (C=O) groups excluding carboxylic acids is 1. The first kappa shape index (κ1) is 29.3. The lowest BCUT2D eigenvalue weighted by Gasteiger charge is -2.43. The van der Waals surface area contributed by atoms with Crippen LogP contribution >= 0.6 is 0 Å². The molecule has 0 radical (unpaired) electrons. The van der Waals surface area contributed by atoms with Crippen LogP contribution in [0.4, 0.5) is 33.3 Å². The number of halogens is 5. The van der Waals surface area contributed by atoms with Crippen LogP contribution in [0.3, 0.4) is 0 Å². The lowest BCUT2D eigenvalue weighted by Crippen LogP contribution is -2.53. The van der Waals surface area contributed by atoms with Crippen LogP contribution in [-0.4, -0.2) is 47.2 Å². The van der Waals surface area contributed by atoms with Crippen molar-refractivity contribution in [1.82, 2.24) is 9.38 Å². The molecule has 222 valence electrons. The van der Waals surface area contributed by atoms with Crippen LogP contribution in [0, 0.1) is 11.6 Å². The molecule has 0 N–H and O–H groups in total. The minimum atomic E-state index is -4.75. The molecule has 0 amide bonds. The number of carbonyl (C=O) groups is 1. The molecule has 6 nitrogen and oxygen atoms in total. The van der Waals surface area contributed by atoms with Crippen molar-refractivity contribution in [3.63, 3.8) is 0 Å². The van der Waals surface area contributed by atoms with Gasteiger partial charge in [-0.25, -0.2) is 13.8 Å². The molecular formula is C31H31F5N4O2. The van der Waals surface area contributed by atoms with Crippen LogP contribution in [0.15, 0.2) is 60.8 Å². The van der Waals surface area contributed by atoms with Gasteiger partial charge in [0.2, 0.25) is 0 Å². The third-order valence-electron chi connectivity index (χ3n) is 7.61. The highest BCUT2D eigenvalue weighted by Gasteiger charge is 2.32. The first-order valence-electron chi connectivity index (χ1n) is 13.9. The van der Waals surface area contributed by atoms with Gasteiger partial charge in [0.05, 0.1) is 11.4 Å². The van der Waals surface area contributed by atoms with E-state index in [-0.39, 0.29) is 29.8 Å². The highest BCUT2D eigenvalue weighted by molar-refractivity contribution is 5.96. The van der Waals surface area contributed by atoms with E-state index in [1.54, 1.807) is 22.6 Å². The van der Waals surface area contributed by atoms with Gasteiger partial charge in [-0.3, -0.25) is 9.20 Å². The Kier molecular flexibility index (Phi) is 8.38. The molecule has 3 heterocycles. The maximum absolute atomic E-state index is 15.3. The fourth-order valence-electron chi connectivity index (χ4n) is 5.55. The van der Waals surface area contributed by atoms with Crippen LogP contribution < -0.4 is 14.5 Å². The Hall–Kier alpha value is -4.15. The Morgan fingerprint density at radius 1 is 1.02 bits per heavy atom. The summed E-state index contributed by atoms with van der Waals surface area (Å²) in [6.07, 6.45) is -1.47. The van der Waals surface area contributed by atoms with E-state index in [1.165, 1.54) is 36.5 Å². The summed E-state index contributed by atoms with van der Waals surface area (Å²) in [6.45, 7) is 5.54. The molecule has 0 unspecified atom stereocenters. The van der Waals surface area contributed by atoms with Crippen molar-refractivity contribution in [3.05, 3.63) is 89.4 Å². The van der Waals surface area contributed by atoms with Crippen molar-refractivity contribution in [3.8, 4) is 5.75 Å². The summed E-state index contributed by atoms with van der Waals surface area (Å²) >= 11 is 0. The lowest BCUT2D eigenvalue weighted by molar-refractivity contribution is -0.274. The second-order valence-electron chi connectivity index (χ2n) is 10.3. The number of Topliss-reactive ketones (excluding diaryl/α,β-unsaturated/α-hetero) is 1. The molecule has 11 heteroatoms. The first-order valence-corrected chi connectivity index (χ1v) is 13.9. The van der Waals surface area contributed by atoms with Gasteiger partial charge < -0.3 is 14.5 Å². The zero-order chi connectivity index (χ0) is 30.0. The van der Waals surface area contributed by atoms with E-state index < -0.39 is 12.2 Å². The molecule has 0 aliphatic carbocycles. The zero-order valence-corrected chi connectivity index (χ0v) is 23.3. The van der Waals surface area contributed by atoms with Gasteiger partial charge in [0.15, 0.2) is 5.78 Å². The summed E-state index contributed by atoms with van der Waals surface area (Å²) in [6, 6.07) is 13.4. The molecule has 2 aromatic carbocycles. The fraction of sp³-hybridized carbons (Fsp3) is 0.355. The monoisotopic (exact) mass is 586 g/mol. The molecule has 1 fully saturated rings. The number of benzene rings is 2. The molecule has 0 saturated carbocycles. The van der Waals surface area contributed by atoms with E-state index in [0.29, 0.717) is 60.8 Å². The third-order valence-corrected chi connectivity index (χ3v) is 7.61. The standard InChI is InChI=1S/C31H31F5N4O2/c1-3-22-19-38(15-16-39(22)23-7-9-24(10-8-23)42-31(34,35)36)27-11-5-20(17-25(27)33)6-12-28(41)30-26(4-2)37-29-18-21(32)13-14-40(29)30/h5,7-11,13-14,17-18,22H,3-4,6,12,15-16,19H2,1-2H3/t22-/m0/s1. The number of aromatic nitrogens is 2. The number of fused-ring (bicyclic) bond motifs is 1. The van der Waals surface area contributed by atoms with Crippen molar-refractivity contribution >= 4 is 22.8 Å². The summed E-state index contributed by atoms with van der Waals surface area (Å²) < 4.78 is 72.1. The van der Waals surface area contributed by atoms with Gasteiger partial charge in [-0.15, -0.1) is 13.2 Å². The van der Waals surface area contributed by atoms with E-state index in [2.05, 4.69) is 14.6 Å². The largest absolute Gasteiger partial charge is 0.573 e. The number of nitrogens with zero attached hydrogens (tertiary/aromatic N) is 4. The van der Waals surface area contributed by atoms with Crippen molar-refractivity contribution in [2.24, 2.45) is 0 Å². The van der Waals surface area contributed by atoms with Gasteiger partial charge in [0.1, 0.15) is 28.7 Å². The molecule has 1 aliphatic heterocycles. The number of hydrogen-bond donors (Lipinski definition) is 0. The van der Waals surface area contributed by atoms with Gasteiger partial charge in [-0.1, -0.05) is 19.9 Å². The normalized spacial score (nSPS) is 15.8. The smallest absolute Gasteiger partial charge is 0.406 e. The van der Waals surface area contributed by atoms with Crippen LogP contribution in [0.5, 0.6) is 5.75 Å². The highest BCUT2D eigenvalue weighted by atomic mass is 19.4. The maximum atomic E-state index is 15.3. The SMILES string of the molecule is CCc1nc2cc(F)ccn2c1C(=O)CCc1ccc(N2CCN(c3ccc(OC(F)(F)F)cc3)[C@@H](CC)C2)c(F)c1. The number of ketones is 1. The number of aryl methyl sites for hydroxylation is 2.